The van der Waals surface area contributed by atoms with Crippen LogP contribution in [0.4, 0.5) is 0 Å². The Balaban J connectivity index is 3.40. The number of unbranched alkanes of at least 4 members (excludes halogenated alkanes) is 8. The Hall–Kier alpha value is 0.350. The molecule has 0 aromatic rings. The van der Waals surface area contributed by atoms with Crippen LogP contribution < -0.4 is 0 Å². The summed E-state index contributed by atoms with van der Waals surface area (Å²) in [6.07, 6.45) is 18.7. The summed E-state index contributed by atoms with van der Waals surface area (Å²) in [5.41, 5.74) is 0. The Morgan fingerprint density at radius 1 is 0.579 bits per heavy atom. The minimum Gasteiger partial charge on any atom is -0.159 e. The molecule has 0 nitrogen and oxygen atoms in total. The van der Waals surface area contributed by atoms with Crippen LogP contribution in [0.1, 0.15) is 104 Å². The van der Waals surface area contributed by atoms with Crippen LogP contribution in [0.3, 0.4) is 0 Å². The summed E-state index contributed by atoms with van der Waals surface area (Å²) >= 11 is 2.24. The van der Waals surface area contributed by atoms with Crippen LogP contribution in [-0.2, 0) is 0 Å². The lowest BCUT2D eigenvalue weighted by Gasteiger charge is -2.15. The zero-order valence-corrected chi connectivity index (χ0v) is 14.7. The van der Waals surface area contributed by atoms with Crippen molar-refractivity contribution in [2.45, 2.75) is 109 Å². The summed E-state index contributed by atoms with van der Waals surface area (Å²) in [6.45, 7) is 6.92. The van der Waals surface area contributed by atoms with E-state index in [0.29, 0.717) is 0 Å². The normalized spacial score (nSPS) is 12.8. The highest BCUT2D eigenvalue weighted by Gasteiger charge is 2.07. The maximum Gasteiger partial charge on any atom is 0.00470 e. The minimum absolute atomic E-state index is 0.958. The molecule has 116 valence electrons. The molecule has 0 spiro atoms. The smallest absolute Gasteiger partial charge is 0.00470 e. The molecule has 0 saturated heterocycles. The van der Waals surface area contributed by atoms with Crippen molar-refractivity contribution in [1.82, 2.24) is 0 Å². The number of thioether (sulfide) groups is 1. The highest BCUT2D eigenvalue weighted by Crippen LogP contribution is 2.24. The van der Waals surface area contributed by atoms with Gasteiger partial charge in [-0.05, 0) is 25.0 Å². The SMILES string of the molecule is CCCCCCCCCCC(CCCC)SCCC. The summed E-state index contributed by atoms with van der Waals surface area (Å²) in [5.74, 6) is 1.37. The fourth-order valence-corrected chi connectivity index (χ4v) is 3.77. The molecule has 0 heterocycles. The summed E-state index contributed by atoms with van der Waals surface area (Å²) in [6, 6.07) is 0. The van der Waals surface area contributed by atoms with E-state index in [-0.39, 0.29) is 0 Å². The van der Waals surface area contributed by atoms with Crippen molar-refractivity contribution in [3.05, 3.63) is 0 Å². The molecule has 0 N–H and O–H groups in total. The molecule has 0 radical (unpaired) electrons. The molecule has 19 heavy (non-hydrogen) atoms. The van der Waals surface area contributed by atoms with Crippen molar-refractivity contribution in [3.63, 3.8) is 0 Å². The maximum absolute atomic E-state index is 2.32. The van der Waals surface area contributed by atoms with Crippen LogP contribution in [0.15, 0.2) is 0 Å². The van der Waals surface area contributed by atoms with Crippen molar-refractivity contribution in [1.29, 1.82) is 0 Å². The lowest BCUT2D eigenvalue weighted by atomic mass is 10.0. The number of rotatable bonds is 15. The van der Waals surface area contributed by atoms with Gasteiger partial charge >= 0.3 is 0 Å². The Labute approximate surface area is 127 Å². The van der Waals surface area contributed by atoms with Crippen molar-refractivity contribution in [3.8, 4) is 0 Å². The second-order valence-electron chi connectivity index (χ2n) is 5.90. The second kappa shape index (κ2) is 16.4. The van der Waals surface area contributed by atoms with Gasteiger partial charge in [-0.15, -0.1) is 0 Å². The number of hydrogen-bond acceptors (Lipinski definition) is 1. The molecule has 1 heteroatoms. The second-order valence-corrected chi connectivity index (χ2v) is 7.31. The molecule has 0 rings (SSSR count). The van der Waals surface area contributed by atoms with Gasteiger partial charge in [-0.3, -0.25) is 0 Å². The molecule has 0 fully saturated rings. The van der Waals surface area contributed by atoms with Gasteiger partial charge in [0.25, 0.3) is 0 Å². The van der Waals surface area contributed by atoms with E-state index in [9.17, 15) is 0 Å². The highest BCUT2D eigenvalue weighted by atomic mass is 32.2. The fourth-order valence-electron chi connectivity index (χ4n) is 2.53. The predicted octanol–water partition coefficient (Wildman–Crippen LogP) is 7.22. The van der Waals surface area contributed by atoms with E-state index in [0.717, 1.165) is 5.25 Å². The van der Waals surface area contributed by atoms with Crippen molar-refractivity contribution in [2.75, 3.05) is 5.75 Å². The Morgan fingerprint density at radius 3 is 1.68 bits per heavy atom. The molecule has 0 aliphatic heterocycles. The van der Waals surface area contributed by atoms with Gasteiger partial charge in [-0.1, -0.05) is 85.0 Å². The van der Waals surface area contributed by atoms with Gasteiger partial charge in [0.1, 0.15) is 0 Å². The molecular formula is C18H38S. The standard InChI is InChI=1S/C18H38S/c1-4-7-9-10-11-12-13-14-16-18(15-8-5-2)19-17-6-3/h18H,4-17H2,1-3H3. The third-order valence-corrected chi connectivity index (χ3v) is 5.40. The average Bonchev–Trinajstić information content (AvgIpc) is 2.43. The van der Waals surface area contributed by atoms with Crippen LogP contribution >= 0.6 is 11.8 Å². The van der Waals surface area contributed by atoms with E-state index >= 15 is 0 Å². The zero-order valence-electron chi connectivity index (χ0n) is 13.9. The summed E-state index contributed by atoms with van der Waals surface area (Å²) < 4.78 is 0. The summed E-state index contributed by atoms with van der Waals surface area (Å²) in [4.78, 5) is 0. The van der Waals surface area contributed by atoms with Crippen LogP contribution in [0.2, 0.25) is 0 Å². The van der Waals surface area contributed by atoms with Gasteiger partial charge in [-0.25, -0.2) is 0 Å². The molecule has 1 unspecified atom stereocenters. The first-order valence-electron chi connectivity index (χ1n) is 8.96. The average molecular weight is 287 g/mol. The van der Waals surface area contributed by atoms with Gasteiger partial charge in [0.2, 0.25) is 0 Å². The fraction of sp³-hybridized carbons (Fsp3) is 1.00. The minimum atomic E-state index is 0.958. The molecule has 0 saturated carbocycles. The number of hydrogen-bond donors (Lipinski definition) is 0. The lowest BCUT2D eigenvalue weighted by Crippen LogP contribution is -2.03. The molecule has 1 atom stereocenters. The van der Waals surface area contributed by atoms with Crippen molar-refractivity contribution >= 4 is 11.8 Å². The highest BCUT2D eigenvalue weighted by molar-refractivity contribution is 7.99. The molecule has 0 aliphatic carbocycles. The Bertz CT molecular complexity index is 148. The van der Waals surface area contributed by atoms with E-state index < -0.39 is 0 Å². The van der Waals surface area contributed by atoms with Crippen LogP contribution in [0, 0.1) is 0 Å². The summed E-state index contributed by atoms with van der Waals surface area (Å²) in [5, 5.41) is 0.958. The van der Waals surface area contributed by atoms with Crippen LogP contribution in [0.25, 0.3) is 0 Å². The van der Waals surface area contributed by atoms with Crippen molar-refractivity contribution < 1.29 is 0 Å². The third-order valence-electron chi connectivity index (χ3n) is 3.82. The molecular weight excluding hydrogens is 248 g/mol. The van der Waals surface area contributed by atoms with E-state index in [2.05, 4.69) is 32.5 Å². The lowest BCUT2D eigenvalue weighted by molar-refractivity contribution is 0.548. The zero-order chi connectivity index (χ0) is 14.2. The van der Waals surface area contributed by atoms with E-state index in [4.69, 9.17) is 0 Å². The first kappa shape index (κ1) is 19.4. The predicted molar refractivity (Wildman–Crippen MR) is 93.3 cm³/mol. The maximum atomic E-state index is 2.32. The van der Waals surface area contributed by atoms with Gasteiger partial charge < -0.3 is 0 Å². The molecule has 0 aliphatic rings. The summed E-state index contributed by atoms with van der Waals surface area (Å²) in [7, 11) is 0. The Morgan fingerprint density at radius 2 is 1.11 bits per heavy atom. The largest absolute Gasteiger partial charge is 0.159 e. The van der Waals surface area contributed by atoms with Crippen LogP contribution in [0.5, 0.6) is 0 Å². The van der Waals surface area contributed by atoms with Gasteiger partial charge in [-0.2, -0.15) is 11.8 Å². The molecule has 0 amide bonds. The molecule has 0 aromatic heterocycles. The quantitative estimate of drug-likeness (QED) is 0.286. The molecule has 0 aromatic carbocycles. The van der Waals surface area contributed by atoms with E-state index in [1.54, 1.807) is 0 Å². The van der Waals surface area contributed by atoms with Gasteiger partial charge in [0.15, 0.2) is 0 Å². The van der Waals surface area contributed by atoms with Crippen LogP contribution in [-0.4, -0.2) is 11.0 Å². The van der Waals surface area contributed by atoms with Gasteiger partial charge in [0.05, 0.1) is 0 Å². The topological polar surface area (TPSA) is 0 Å². The molecule has 0 bridgehead atoms. The van der Waals surface area contributed by atoms with Gasteiger partial charge in [0, 0.05) is 5.25 Å². The van der Waals surface area contributed by atoms with Crippen molar-refractivity contribution in [2.24, 2.45) is 0 Å². The first-order valence-corrected chi connectivity index (χ1v) is 10.0. The Kier molecular flexibility index (Phi) is 16.7. The monoisotopic (exact) mass is 286 g/mol. The third kappa shape index (κ3) is 14.6. The first-order chi connectivity index (χ1) is 9.35. The van der Waals surface area contributed by atoms with E-state index in [1.807, 2.05) is 0 Å². The van der Waals surface area contributed by atoms with E-state index in [1.165, 1.54) is 89.2 Å².